The summed E-state index contributed by atoms with van der Waals surface area (Å²) >= 11 is 1.61. The van der Waals surface area contributed by atoms with Gasteiger partial charge in [0.15, 0.2) is 0 Å². The maximum absolute atomic E-state index is 7.51. The van der Waals surface area contributed by atoms with Crippen LogP contribution in [0.4, 0.5) is 5.69 Å². The molecule has 0 fully saturated rings. The van der Waals surface area contributed by atoms with Crippen molar-refractivity contribution in [2.75, 3.05) is 19.5 Å². The molecule has 1 aromatic heterocycles. The molecule has 0 bridgehead atoms. The number of hydrogen-bond acceptors (Lipinski definition) is 5. The summed E-state index contributed by atoms with van der Waals surface area (Å²) in [4.78, 5) is 4.70. The SMILES string of the molecule is COc1ccc(-c2nc3cc(NC(C)=N)ccc3s2)c(OC)c1. The van der Waals surface area contributed by atoms with E-state index in [1.165, 1.54) is 0 Å². The molecule has 0 radical (unpaired) electrons. The van der Waals surface area contributed by atoms with E-state index < -0.39 is 0 Å². The van der Waals surface area contributed by atoms with Gasteiger partial charge in [-0.25, -0.2) is 4.98 Å². The second-order valence-corrected chi connectivity index (χ2v) is 6.05. The molecule has 0 aliphatic carbocycles. The van der Waals surface area contributed by atoms with Crippen LogP contribution in [0.1, 0.15) is 6.92 Å². The van der Waals surface area contributed by atoms with E-state index in [2.05, 4.69) is 5.32 Å². The number of fused-ring (bicyclic) bond motifs is 1. The fourth-order valence-corrected chi connectivity index (χ4v) is 3.29. The van der Waals surface area contributed by atoms with Gasteiger partial charge < -0.3 is 14.8 Å². The number of nitrogens with one attached hydrogen (secondary N) is 2. The molecule has 3 rings (SSSR count). The molecule has 0 amide bonds. The Balaban J connectivity index is 2.05. The van der Waals surface area contributed by atoms with Crippen LogP contribution in [-0.2, 0) is 0 Å². The van der Waals surface area contributed by atoms with Gasteiger partial charge in [-0.15, -0.1) is 11.3 Å². The standard InChI is InChI=1S/C17H17N3O2S/c1-10(18)19-11-4-7-16-14(8-11)20-17(23-16)13-6-5-12(21-2)9-15(13)22-3/h4-9H,1-3H3,(H2,18,19). The van der Waals surface area contributed by atoms with Crippen molar-refractivity contribution in [1.29, 1.82) is 5.41 Å². The van der Waals surface area contributed by atoms with Gasteiger partial charge >= 0.3 is 0 Å². The van der Waals surface area contributed by atoms with Crippen molar-refractivity contribution in [1.82, 2.24) is 4.98 Å². The predicted molar refractivity (Wildman–Crippen MR) is 95.2 cm³/mol. The number of anilines is 1. The van der Waals surface area contributed by atoms with Crippen LogP contribution < -0.4 is 14.8 Å². The van der Waals surface area contributed by atoms with Crippen LogP contribution in [0.25, 0.3) is 20.8 Å². The summed E-state index contributed by atoms with van der Waals surface area (Å²) in [5.74, 6) is 1.88. The minimum absolute atomic E-state index is 0.400. The number of ether oxygens (including phenoxy) is 2. The van der Waals surface area contributed by atoms with E-state index in [1.807, 2.05) is 36.4 Å². The van der Waals surface area contributed by atoms with E-state index in [9.17, 15) is 0 Å². The predicted octanol–water partition coefficient (Wildman–Crippen LogP) is 4.39. The van der Waals surface area contributed by atoms with E-state index in [0.29, 0.717) is 5.84 Å². The molecule has 6 heteroatoms. The van der Waals surface area contributed by atoms with Crippen LogP contribution in [0.2, 0.25) is 0 Å². The average molecular weight is 327 g/mol. The summed E-state index contributed by atoms with van der Waals surface area (Å²) in [6, 6.07) is 11.6. The summed E-state index contributed by atoms with van der Waals surface area (Å²) in [6.07, 6.45) is 0. The molecule has 2 aromatic carbocycles. The number of hydrogen-bond donors (Lipinski definition) is 2. The third-order valence-corrected chi connectivity index (χ3v) is 4.43. The molecule has 0 aliphatic rings. The maximum Gasteiger partial charge on any atom is 0.132 e. The number of aromatic nitrogens is 1. The Bertz CT molecular complexity index is 873. The van der Waals surface area contributed by atoms with E-state index in [4.69, 9.17) is 19.9 Å². The molecule has 2 N–H and O–H groups in total. The number of nitrogens with zero attached hydrogens (tertiary/aromatic N) is 1. The second kappa shape index (κ2) is 6.26. The molecule has 1 heterocycles. The number of methoxy groups -OCH3 is 2. The minimum Gasteiger partial charge on any atom is -0.497 e. The topological polar surface area (TPSA) is 67.2 Å². The molecule has 0 atom stereocenters. The molecule has 0 spiro atoms. The van der Waals surface area contributed by atoms with Crippen LogP contribution in [0.15, 0.2) is 36.4 Å². The highest BCUT2D eigenvalue weighted by Gasteiger charge is 2.13. The van der Waals surface area contributed by atoms with E-state index in [1.54, 1.807) is 32.5 Å². The maximum atomic E-state index is 7.51. The fourth-order valence-electron chi connectivity index (χ4n) is 2.31. The van der Waals surface area contributed by atoms with Gasteiger partial charge in [-0.1, -0.05) is 0 Å². The van der Waals surface area contributed by atoms with E-state index in [-0.39, 0.29) is 0 Å². The van der Waals surface area contributed by atoms with Crippen molar-refractivity contribution in [3.63, 3.8) is 0 Å². The molecule has 3 aromatic rings. The first-order valence-corrected chi connectivity index (χ1v) is 7.87. The first-order chi connectivity index (χ1) is 11.1. The molecule has 5 nitrogen and oxygen atoms in total. The van der Waals surface area contributed by atoms with Crippen molar-refractivity contribution in [3.05, 3.63) is 36.4 Å². The van der Waals surface area contributed by atoms with Crippen LogP contribution in [-0.4, -0.2) is 25.0 Å². The van der Waals surface area contributed by atoms with Crippen molar-refractivity contribution in [2.45, 2.75) is 6.92 Å². The summed E-state index contributed by atoms with van der Waals surface area (Å²) < 4.78 is 11.8. The summed E-state index contributed by atoms with van der Waals surface area (Å²) in [6.45, 7) is 1.71. The average Bonchev–Trinajstić information content (AvgIpc) is 2.96. The highest BCUT2D eigenvalue weighted by molar-refractivity contribution is 7.21. The van der Waals surface area contributed by atoms with Gasteiger partial charge in [0.25, 0.3) is 0 Å². The Labute approximate surface area is 138 Å². The van der Waals surface area contributed by atoms with E-state index >= 15 is 0 Å². The van der Waals surface area contributed by atoms with Gasteiger partial charge in [-0.05, 0) is 37.3 Å². The van der Waals surface area contributed by atoms with Crippen molar-refractivity contribution >= 4 is 33.1 Å². The first kappa shape index (κ1) is 15.3. The van der Waals surface area contributed by atoms with Crippen molar-refractivity contribution in [3.8, 4) is 22.1 Å². The zero-order valence-electron chi connectivity index (χ0n) is 13.1. The fraction of sp³-hybridized carbons (Fsp3) is 0.176. The first-order valence-electron chi connectivity index (χ1n) is 7.06. The van der Waals surface area contributed by atoms with E-state index in [0.717, 1.165) is 38.0 Å². The van der Waals surface area contributed by atoms with Gasteiger partial charge in [0.2, 0.25) is 0 Å². The molecule has 23 heavy (non-hydrogen) atoms. The highest BCUT2D eigenvalue weighted by atomic mass is 32.1. The van der Waals surface area contributed by atoms with Crippen LogP contribution in [0, 0.1) is 5.41 Å². The Morgan fingerprint density at radius 2 is 1.96 bits per heavy atom. The van der Waals surface area contributed by atoms with Crippen LogP contribution >= 0.6 is 11.3 Å². The Morgan fingerprint density at radius 1 is 1.13 bits per heavy atom. The van der Waals surface area contributed by atoms with Crippen LogP contribution in [0.3, 0.4) is 0 Å². The summed E-state index contributed by atoms with van der Waals surface area (Å²) in [5.41, 5.74) is 2.70. The Kier molecular flexibility index (Phi) is 4.16. The zero-order valence-corrected chi connectivity index (χ0v) is 14.0. The molecule has 0 saturated heterocycles. The van der Waals surface area contributed by atoms with Gasteiger partial charge in [-0.3, -0.25) is 5.41 Å². The highest BCUT2D eigenvalue weighted by Crippen LogP contribution is 2.38. The summed E-state index contributed by atoms with van der Waals surface area (Å²) in [5, 5.41) is 11.4. The molecule has 118 valence electrons. The molecular weight excluding hydrogens is 310 g/mol. The lowest BCUT2D eigenvalue weighted by molar-refractivity contribution is 0.395. The molecule has 0 saturated carbocycles. The Morgan fingerprint density at radius 3 is 2.65 bits per heavy atom. The molecule has 0 aliphatic heterocycles. The van der Waals surface area contributed by atoms with Gasteiger partial charge in [0.1, 0.15) is 16.5 Å². The third kappa shape index (κ3) is 3.12. The second-order valence-electron chi connectivity index (χ2n) is 5.02. The Hall–Kier alpha value is -2.60. The lowest BCUT2D eigenvalue weighted by Crippen LogP contribution is -2.04. The summed E-state index contributed by atoms with van der Waals surface area (Å²) in [7, 11) is 3.27. The zero-order chi connectivity index (χ0) is 16.4. The lowest BCUT2D eigenvalue weighted by Gasteiger charge is -2.07. The number of amidine groups is 1. The smallest absolute Gasteiger partial charge is 0.132 e. The third-order valence-electron chi connectivity index (χ3n) is 3.36. The lowest BCUT2D eigenvalue weighted by atomic mass is 10.2. The van der Waals surface area contributed by atoms with Gasteiger partial charge in [0.05, 0.1) is 35.8 Å². The molecule has 0 unspecified atom stereocenters. The molecular formula is C17H17N3O2S. The van der Waals surface area contributed by atoms with Crippen molar-refractivity contribution in [2.24, 2.45) is 0 Å². The normalized spacial score (nSPS) is 10.6. The monoisotopic (exact) mass is 327 g/mol. The minimum atomic E-state index is 0.400. The number of rotatable bonds is 4. The number of thiazole rings is 1. The number of benzene rings is 2. The van der Waals surface area contributed by atoms with Gasteiger partial charge in [0, 0.05) is 11.8 Å². The van der Waals surface area contributed by atoms with Crippen LogP contribution in [0.5, 0.6) is 11.5 Å². The van der Waals surface area contributed by atoms with Crippen molar-refractivity contribution < 1.29 is 9.47 Å². The quantitative estimate of drug-likeness (QED) is 0.551. The largest absolute Gasteiger partial charge is 0.497 e. The van der Waals surface area contributed by atoms with Gasteiger partial charge in [-0.2, -0.15) is 0 Å².